The summed E-state index contributed by atoms with van der Waals surface area (Å²) in [6, 6.07) is 8.61. The summed E-state index contributed by atoms with van der Waals surface area (Å²) in [4.78, 5) is 66.0. The molecule has 3 heterocycles. The first-order chi connectivity index (χ1) is 17.6. The Kier molecular flexibility index (Phi) is 6.04. The summed E-state index contributed by atoms with van der Waals surface area (Å²) in [5, 5.41) is 6.56. The van der Waals surface area contributed by atoms with Gasteiger partial charge in [0.1, 0.15) is 5.54 Å². The number of nitrogens with zero attached hydrogens (tertiary/aromatic N) is 1. The highest BCUT2D eigenvalue weighted by Crippen LogP contribution is 2.55. The average molecular weight is 525 g/mol. The minimum absolute atomic E-state index is 0.0270. The molecule has 2 aromatic carbocycles. The molecule has 4 amide bonds. The predicted molar refractivity (Wildman–Crippen MR) is 134 cm³/mol. The number of benzene rings is 2. The average Bonchev–Trinajstić information content (AvgIpc) is 3.45. The van der Waals surface area contributed by atoms with E-state index in [1.54, 1.807) is 26.0 Å². The monoisotopic (exact) mass is 524 g/mol. The van der Waals surface area contributed by atoms with E-state index in [1.807, 2.05) is 0 Å². The summed E-state index contributed by atoms with van der Waals surface area (Å²) in [6.07, 6.45) is 0.142. The molecule has 192 valence electrons. The molecule has 3 aliphatic heterocycles. The van der Waals surface area contributed by atoms with Crippen LogP contribution in [0.1, 0.15) is 41.3 Å². The van der Waals surface area contributed by atoms with Crippen molar-refractivity contribution in [1.82, 2.24) is 5.32 Å². The number of rotatable bonds is 6. The van der Waals surface area contributed by atoms with Crippen LogP contribution in [-0.4, -0.2) is 42.2 Å². The van der Waals surface area contributed by atoms with E-state index in [0.717, 1.165) is 4.90 Å². The van der Waals surface area contributed by atoms with Crippen LogP contribution in [-0.2, 0) is 29.5 Å². The van der Waals surface area contributed by atoms with Gasteiger partial charge in [-0.3, -0.25) is 24.5 Å². The molecule has 0 aromatic heterocycles. The molecule has 3 aliphatic rings. The lowest BCUT2D eigenvalue weighted by molar-refractivity contribution is -0.130. The number of anilines is 2. The molecule has 5 rings (SSSR count). The number of amides is 4. The third-order valence-corrected chi connectivity index (χ3v) is 7.83. The number of ether oxygens (including phenoxy) is 1. The maximum absolute atomic E-state index is 13.9. The zero-order valence-electron chi connectivity index (χ0n) is 20.2. The number of hydrogen-bond donors (Lipinski definition) is 3. The molecule has 0 unspecified atom stereocenters. The van der Waals surface area contributed by atoms with E-state index >= 15 is 0 Å². The molecule has 11 heteroatoms. The Labute approximate surface area is 217 Å². The second-order valence-corrected chi connectivity index (χ2v) is 9.80. The van der Waals surface area contributed by atoms with E-state index in [9.17, 15) is 24.0 Å². The molecule has 37 heavy (non-hydrogen) atoms. The first-order valence-corrected chi connectivity index (χ1v) is 12.3. The molecular weight excluding hydrogens is 500 g/mol. The Morgan fingerprint density at radius 2 is 1.81 bits per heavy atom. The topological polar surface area (TPSA) is 148 Å². The molecule has 4 atom stereocenters. The summed E-state index contributed by atoms with van der Waals surface area (Å²) >= 11 is 6.28. The van der Waals surface area contributed by atoms with E-state index in [1.165, 1.54) is 24.3 Å². The van der Waals surface area contributed by atoms with Crippen LogP contribution in [0, 0.1) is 18.8 Å². The molecule has 0 bridgehead atoms. The van der Waals surface area contributed by atoms with E-state index in [0.29, 0.717) is 21.8 Å². The van der Waals surface area contributed by atoms with Gasteiger partial charge in [0.15, 0.2) is 0 Å². The zero-order valence-corrected chi connectivity index (χ0v) is 20.9. The molecule has 2 saturated heterocycles. The number of primary amides is 1. The highest BCUT2D eigenvalue weighted by atomic mass is 35.5. The lowest BCUT2D eigenvalue weighted by Crippen LogP contribution is -2.53. The fourth-order valence-electron chi connectivity index (χ4n) is 5.75. The molecule has 0 aliphatic carbocycles. The first-order valence-electron chi connectivity index (χ1n) is 11.9. The summed E-state index contributed by atoms with van der Waals surface area (Å²) in [7, 11) is 0. The summed E-state index contributed by atoms with van der Waals surface area (Å²) in [5.41, 5.74) is 6.06. The number of hydrogen-bond acceptors (Lipinski definition) is 7. The van der Waals surface area contributed by atoms with Crippen molar-refractivity contribution in [3.8, 4) is 0 Å². The molecular formula is C26H25ClN4O6. The third kappa shape index (κ3) is 3.62. The quantitative estimate of drug-likeness (QED) is 0.386. The van der Waals surface area contributed by atoms with Gasteiger partial charge in [0, 0.05) is 23.0 Å². The van der Waals surface area contributed by atoms with Crippen molar-refractivity contribution in [2.75, 3.05) is 16.8 Å². The SMILES string of the molecule is CCOC(=O)c1ccc(N2C(=O)[C@@H]3[C@H](CCC(N)=O)N[C@]4(C(=O)Nc5c4ccc(Cl)c5C)[C@@H]3C2=O)cc1. The Hall–Kier alpha value is -3.76. The van der Waals surface area contributed by atoms with Gasteiger partial charge in [0.2, 0.25) is 23.6 Å². The second kappa shape index (κ2) is 8.97. The van der Waals surface area contributed by atoms with Crippen molar-refractivity contribution in [1.29, 1.82) is 0 Å². The molecule has 2 aromatic rings. The van der Waals surface area contributed by atoms with E-state index in [-0.39, 0.29) is 30.7 Å². The number of carbonyl (C=O) groups excluding carboxylic acids is 5. The van der Waals surface area contributed by atoms with Gasteiger partial charge in [-0.2, -0.15) is 0 Å². The van der Waals surface area contributed by atoms with Crippen molar-refractivity contribution in [3.05, 3.63) is 58.1 Å². The lowest BCUT2D eigenvalue weighted by atomic mass is 9.76. The number of nitrogens with two attached hydrogens (primary N) is 1. The maximum Gasteiger partial charge on any atom is 0.338 e. The van der Waals surface area contributed by atoms with Gasteiger partial charge in [-0.1, -0.05) is 17.7 Å². The van der Waals surface area contributed by atoms with E-state index in [4.69, 9.17) is 22.1 Å². The van der Waals surface area contributed by atoms with Gasteiger partial charge in [-0.15, -0.1) is 0 Å². The highest BCUT2D eigenvalue weighted by molar-refractivity contribution is 6.32. The normalized spacial score (nSPS) is 25.9. The van der Waals surface area contributed by atoms with Gasteiger partial charge >= 0.3 is 5.97 Å². The van der Waals surface area contributed by atoms with Gasteiger partial charge in [-0.25, -0.2) is 9.69 Å². The number of fused-ring (bicyclic) bond motifs is 4. The third-order valence-electron chi connectivity index (χ3n) is 7.42. The van der Waals surface area contributed by atoms with Crippen LogP contribution in [0.5, 0.6) is 0 Å². The molecule has 1 spiro atoms. The van der Waals surface area contributed by atoms with Crippen molar-refractivity contribution >= 4 is 52.6 Å². The van der Waals surface area contributed by atoms with Crippen LogP contribution in [0.3, 0.4) is 0 Å². The standard InChI is InChI=1S/C26H25ClN4O6/c1-3-37-24(35)13-4-6-14(7-5-13)31-22(33)19-17(10-11-18(28)32)30-26(20(19)23(31)34)15-8-9-16(27)12(2)21(15)29-25(26)36/h4-9,17,19-20,30H,3,10-11H2,1-2H3,(H2,28,32)(H,29,36)/t17-,19+,20-,26-/m0/s1. The Morgan fingerprint density at radius 1 is 1.11 bits per heavy atom. The van der Waals surface area contributed by atoms with Gasteiger partial charge in [0.05, 0.1) is 35.4 Å². The van der Waals surface area contributed by atoms with Crippen LogP contribution in [0.25, 0.3) is 0 Å². The fraction of sp³-hybridized carbons (Fsp3) is 0.346. The van der Waals surface area contributed by atoms with Gasteiger partial charge < -0.3 is 15.8 Å². The number of carbonyl (C=O) groups is 5. The molecule has 4 N–H and O–H groups in total. The summed E-state index contributed by atoms with van der Waals surface area (Å²) in [6.45, 7) is 3.66. The maximum atomic E-state index is 13.9. The van der Waals surface area contributed by atoms with E-state index in [2.05, 4.69) is 10.6 Å². The van der Waals surface area contributed by atoms with Crippen molar-refractivity contribution in [2.24, 2.45) is 17.6 Å². The fourth-order valence-corrected chi connectivity index (χ4v) is 5.91. The van der Waals surface area contributed by atoms with Crippen LogP contribution in [0.15, 0.2) is 36.4 Å². The summed E-state index contributed by atoms with van der Waals surface area (Å²) < 4.78 is 5.00. The zero-order chi connectivity index (χ0) is 26.6. The molecule has 0 saturated carbocycles. The Morgan fingerprint density at radius 3 is 2.46 bits per heavy atom. The largest absolute Gasteiger partial charge is 0.462 e. The smallest absolute Gasteiger partial charge is 0.338 e. The van der Waals surface area contributed by atoms with Crippen LogP contribution in [0.4, 0.5) is 11.4 Å². The van der Waals surface area contributed by atoms with Crippen molar-refractivity contribution in [2.45, 2.75) is 38.3 Å². The van der Waals surface area contributed by atoms with Crippen molar-refractivity contribution < 1.29 is 28.7 Å². The van der Waals surface area contributed by atoms with Crippen LogP contribution in [0.2, 0.25) is 5.02 Å². The number of esters is 1. The lowest BCUT2D eigenvalue weighted by Gasteiger charge is -2.29. The Balaban J connectivity index is 1.59. The second-order valence-electron chi connectivity index (χ2n) is 9.40. The van der Waals surface area contributed by atoms with E-state index < -0.39 is 53.0 Å². The van der Waals surface area contributed by atoms with Crippen molar-refractivity contribution in [3.63, 3.8) is 0 Å². The van der Waals surface area contributed by atoms with Crippen LogP contribution < -0.4 is 21.3 Å². The summed E-state index contributed by atoms with van der Waals surface area (Å²) in [5.74, 6) is -4.57. The van der Waals surface area contributed by atoms with Gasteiger partial charge in [0.25, 0.3) is 0 Å². The number of nitrogens with one attached hydrogen (secondary N) is 2. The Bertz CT molecular complexity index is 1360. The molecule has 0 radical (unpaired) electrons. The van der Waals surface area contributed by atoms with Crippen LogP contribution >= 0.6 is 11.6 Å². The molecule has 10 nitrogen and oxygen atoms in total. The molecule has 2 fully saturated rings. The number of halogens is 1. The highest BCUT2D eigenvalue weighted by Gasteiger charge is 2.70. The predicted octanol–water partition coefficient (Wildman–Crippen LogP) is 2.02. The number of imide groups is 1. The minimum Gasteiger partial charge on any atom is -0.462 e. The first kappa shape index (κ1) is 24.9. The van der Waals surface area contributed by atoms with Gasteiger partial charge in [-0.05, 0) is 56.2 Å². The minimum atomic E-state index is -1.52.